The predicted molar refractivity (Wildman–Crippen MR) is 64.8 cm³/mol. The minimum absolute atomic E-state index is 0. The zero-order chi connectivity index (χ0) is 12.5. The molecule has 0 aromatic heterocycles. The van der Waals surface area contributed by atoms with Gasteiger partial charge in [-0.3, -0.25) is 9.59 Å². The number of carboxylic acids is 2. The van der Waals surface area contributed by atoms with E-state index in [4.69, 9.17) is 15.3 Å². The fraction of sp³-hybridized carbons (Fsp3) is 0.778. The van der Waals surface area contributed by atoms with Crippen molar-refractivity contribution in [3.05, 3.63) is 0 Å². The first-order chi connectivity index (χ1) is 6.69. The van der Waals surface area contributed by atoms with Crippen molar-refractivity contribution < 1.29 is 29.4 Å². The van der Waals surface area contributed by atoms with Crippen molar-refractivity contribution in [1.82, 2.24) is 0 Å². The molecule has 16 heavy (non-hydrogen) atoms. The molecule has 0 saturated heterocycles. The number of rotatable bonds is 5. The molecule has 0 aliphatic carbocycles. The summed E-state index contributed by atoms with van der Waals surface area (Å²) in [6.45, 7) is 1.11. The fourth-order valence-corrected chi connectivity index (χ4v) is 0.514. The zero-order valence-corrected chi connectivity index (χ0v) is 11.6. The van der Waals surface area contributed by atoms with Crippen LogP contribution in [0.15, 0.2) is 0 Å². The first kappa shape index (κ1) is 20.7. The van der Waals surface area contributed by atoms with E-state index in [2.05, 4.69) is 21.1 Å². The standard InChI is InChI=1S/C5H14NO.C4H6O4.BrH/c1-6(2,3)4-5-7;5-3(6)1-2-4(7)8;/h7H,4-5H2,1-3H3;1-2H2,(H,5,6)(H,7,8);1H/q+1;;. The summed E-state index contributed by atoms with van der Waals surface area (Å²) in [5, 5.41) is 24.2. The van der Waals surface area contributed by atoms with Crippen LogP contribution in [0.4, 0.5) is 0 Å². The number of halogens is 1. The number of hydrogen-bond donors (Lipinski definition) is 3. The quantitative estimate of drug-likeness (QED) is 0.631. The molecule has 0 bridgehead atoms. The molecule has 0 unspecified atom stereocenters. The zero-order valence-electron chi connectivity index (χ0n) is 9.84. The summed E-state index contributed by atoms with van der Waals surface area (Å²) in [6, 6.07) is 0. The van der Waals surface area contributed by atoms with Gasteiger partial charge in [-0.05, 0) is 0 Å². The van der Waals surface area contributed by atoms with Crippen molar-refractivity contribution in [3.8, 4) is 0 Å². The van der Waals surface area contributed by atoms with Gasteiger partial charge in [0.05, 0.1) is 40.6 Å². The van der Waals surface area contributed by atoms with Crippen LogP contribution in [-0.4, -0.2) is 66.0 Å². The van der Waals surface area contributed by atoms with Crippen molar-refractivity contribution in [2.45, 2.75) is 12.8 Å². The maximum Gasteiger partial charge on any atom is 0.303 e. The molecular weight excluding hydrogens is 282 g/mol. The highest BCUT2D eigenvalue weighted by Crippen LogP contribution is 1.86. The molecule has 0 aromatic rings. The lowest BCUT2D eigenvalue weighted by molar-refractivity contribution is -0.870. The topological polar surface area (TPSA) is 94.8 Å². The van der Waals surface area contributed by atoms with E-state index in [1.54, 1.807) is 0 Å². The molecular formula is C9H21BrNO5+. The maximum atomic E-state index is 9.64. The van der Waals surface area contributed by atoms with Crippen molar-refractivity contribution in [3.63, 3.8) is 0 Å². The minimum atomic E-state index is -1.08. The SMILES string of the molecule is Br.C[N+](C)(C)CCO.O=C(O)CCC(=O)O. The van der Waals surface area contributed by atoms with Crippen LogP contribution in [0.2, 0.25) is 0 Å². The first-order valence-electron chi connectivity index (χ1n) is 4.54. The van der Waals surface area contributed by atoms with E-state index in [0.29, 0.717) is 0 Å². The lowest BCUT2D eigenvalue weighted by Crippen LogP contribution is -2.36. The van der Waals surface area contributed by atoms with Crippen molar-refractivity contribution in [1.29, 1.82) is 0 Å². The van der Waals surface area contributed by atoms with Gasteiger partial charge < -0.3 is 19.8 Å². The van der Waals surface area contributed by atoms with E-state index in [1.807, 2.05) is 0 Å². The van der Waals surface area contributed by atoms with Gasteiger partial charge in [-0.25, -0.2) is 0 Å². The second-order valence-corrected chi connectivity index (χ2v) is 4.03. The van der Waals surface area contributed by atoms with E-state index >= 15 is 0 Å². The Hall–Kier alpha value is -0.660. The molecule has 0 heterocycles. The van der Waals surface area contributed by atoms with Gasteiger partial charge in [0.2, 0.25) is 0 Å². The summed E-state index contributed by atoms with van der Waals surface area (Å²) < 4.78 is 0.844. The molecule has 0 atom stereocenters. The predicted octanol–water partition coefficient (Wildman–Crippen LogP) is 0.199. The minimum Gasteiger partial charge on any atom is -0.481 e. The van der Waals surface area contributed by atoms with E-state index in [1.165, 1.54) is 0 Å². The third kappa shape index (κ3) is 29.2. The summed E-state index contributed by atoms with van der Waals surface area (Å²) in [6.07, 6.45) is -0.593. The highest BCUT2D eigenvalue weighted by atomic mass is 79.9. The van der Waals surface area contributed by atoms with E-state index in [9.17, 15) is 9.59 Å². The Morgan fingerprint density at radius 3 is 1.38 bits per heavy atom. The monoisotopic (exact) mass is 302 g/mol. The molecule has 0 aliphatic heterocycles. The molecule has 6 nitrogen and oxygen atoms in total. The summed E-state index contributed by atoms with van der Waals surface area (Å²) in [5.41, 5.74) is 0. The van der Waals surface area contributed by atoms with Crippen molar-refractivity contribution >= 4 is 28.9 Å². The van der Waals surface area contributed by atoms with Crippen LogP contribution < -0.4 is 0 Å². The molecule has 0 saturated carbocycles. The Balaban J connectivity index is -0.000000200. The number of likely N-dealkylation sites (N-methyl/N-ethyl adjacent to an activating group) is 1. The van der Waals surface area contributed by atoms with Gasteiger partial charge >= 0.3 is 11.9 Å². The van der Waals surface area contributed by atoms with Crippen LogP contribution in [-0.2, 0) is 9.59 Å². The van der Waals surface area contributed by atoms with E-state index in [0.717, 1.165) is 11.0 Å². The lowest BCUT2D eigenvalue weighted by atomic mass is 10.3. The molecule has 0 amide bonds. The number of nitrogens with zero attached hydrogens (tertiary/aromatic N) is 1. The van der Waals surface area contributed by atoms with Gasteiger partial charge in [0.1, 0.15) is 6.54 Å². The summed E-state index contributed by atoms with van der Waals surface area (Å²) in [4.78, 5) is 19.3. The molecule has 7 heteroatoms. The molecule has 98 valence electrons. The van der Waals surface area contributed by atoms with Gasteiger partial charge in [-0.1, -0.05) is 0 Å². The van der Waals surface area contributed by atoms with Gasteiger partial charge in [-0.15, -0.1) is 17.0 Å². The molecule has 0 rings (SSSR count). The van der Waals surface area contributed by atoms with E-state index < -0.39 is 11.9 Å². The third-order valence-electron chi connectivity index (χ3n) is 1.32. The first-order valence-corrected chi connectivity index (χ1v) is 4.54. The Morgan fingerprint density at radius 2 is 1.31 bits per heavy atom. The third-order valence-corrected chi connectivity index (χ3v) is 1.32. The molecule has 0 fully saturated rings. The van der Waals surface area contributed by atoms with Crippen LogP contribution in [0.3, 0.4) is 0 Å². The van der Waals surface area contributed by atoms with Crippen LogP contribution in [0.1, 0.15) is 12.8 Å². The Labute approximate surface area is 106 Å². The highest BCUT2D eigenvalue weighted by Gasteiger charge is 2.02. The molecule has 0 radical (unpaired) electrons. The Morgan fingerprint density at radius 1 is 1.00 bits per heavy atom. The van der Waals surface area contributed by atoms with Gasteiger partial charge in [0.15, 0.2) is 0 Å². The van der Waals surface area contributed by atoms with Gasteiger partial charge in [0, 0.05) is 0 Å². The molecule has 0 aliphatic rings. The summed E-state index contributed by atoms with van der Waals surface area (Å²) >= 11 is 0. The fourth-order valence-electron chi connectivity index (χ4n) is 0.514. The number of carbonyl (C=O) groups is 2. The molecule has 0 spiro atoms. The molecule has 3 N–H and O–H groups in total. The normalized spacial score (nSPS) is 9.50. The van der Waals surface area contributed by atoms with E-state index in [-0.39, 0.29) is 36.4 Å². The number of aliphatic carboxylic acids is 2. The Bertz CT molecular complexity index is 189. The maximum absolute atomic E-state index is 9.64. The van der Waals surface area contributed by atoms with Crippen LogP contribution >= 0.6 is 17.0 Å². The number of hydrogen-bond acceptors (Lipinski definition) is 3. The second kappa shape index (κ2) is 10.8. The van der Waals surface area contributed by atoms with Gasteiger partial charge in [0.25, 0.3) is 0 Å². The lowest BCUT2D eigenvalue weighted by Gasteiger charge is -2.21. The van der Waals surface area contributed by atoms with Crippen LogP contribution in [0, 0.1) is 0 Å². The van der Waals surface area contributed by atoms with Crippen molar-refractivity contribution in [2.24, 2.45) is 0 Å². The summed E-state index contributed by atoms with van der Waals surface area (Å²) in [5.74, 6) is -2.15. The number of aliphatic hydroxyl groups is 1. The van der Waals surface area contributed by atoms with Gasteiger partial charge in [-0.2, -0.15) is 0 Å². The smallest absolute Gasteiger partial charge is 0.303 e. The average Bonchev–Trinajstić information content (AvgIpc) is 1.99. The number of aliphatic hydroxyl groups excluding tert-OH is 1. The largest absolute Gasteiger partial charge is 0.481 e. The van der Waals surface area contributed by atoms with Crippen LogP contribution in [0.25, 0.3) is 0 Å². The Kier molecular flexibility index (Phi) is 14.0. The number of quaternary nitrogens is 1. The summed E-state index contributed by atoms with van der Waals surface area (Å²) in [7, 11) is 6.16. The second-order valence-electron chi connectivity index (χ2n) is 4.03. The molecule has 0 aromatic carbocycles. The van der Waals surface area contributed by atoms with Crippen LogP contribution in [0.5, 0.6) is 0 Å². The number of carboxylic acid groups (broad SMARTS) is 2. The average molecular weight is 303 g/mol. The highest BCUT2D eigenvalue weighted by molar-refractivity contribution is 8.93. The van der Waals surface area contributed by atoms with Crippen molar-refractivity contribution in [2.75, 3.05) is 34.3 Å².